The van der Waals surface area contributed by atoms with Gasteiger partial charge in [-0.3, -0.25) is 9.80 Å². The number of ether oxygens (including phenoxy) is 3. The fourth-order valence-electron chi connectivity index (χ4n) is 11.4. The van der Waals surface area contributed by atoms with E-state index in [0.717, 1.165) is 72.0 Å². The van der Waals surface area contributed by atoms with E-state index in [1.165, 1.54) is 57.5 Å². The largest absolute Gasteiger partial charge is 0.444 e. The highest BCUT2D eigenvalue weighted by Crippen LogP contribution is 2.62. The van der Waals surface area contributed by atoms with Crippen LogP contribution in [-0.2, 0) is 14.2 Å². The van der Waals surface area contributed by atoms with E-state index < -0.39 is 11.2 Å². The second-order valence-corrected chi connectivity index (χ2v) is 21.1. The van der Waals surface area contributed by atoms with Crippen molar-refractivity contribution in [1.29, 1.82) is 0 Å². The number of H-pyrrole nitrogens is 2. The summed E-state index contributed by atoms with van der Waals surface area (Å²) in [6.07, 6.45) is 12.8. The first-order chi connectivity index (χ1) is 29.3. The Morgan fingerprint density at radius 2 is 1.11 bits per heavy atom. The molecule has 4 bridgehead atoms. The molecule has 0 radical (unpaired) electrons. The first-order valence-corrected chi connectivity index (χ1v) is 23.3. The molecule has 11 nitrogen and oxygen atoms in total. The summed E-state index contributed by atoms with van der Waals surface area (Å²) in [4.78, 5) is 49.2. The standard InChI is InChI=1S/C49H56N6O5S/c1-48(2,3)59-46(56)54-21-7-9-34(54)44-50-24-32(52-44)30-15-13-29(42-36-17-18-37(58-36)43(30)42)28-14-16-31(41-27-12-11-26(23-27)40(28)41)38-19-20-39(61-38)33-25-51-45(53-33)35-10-8-22-55(35)47(57)60-49(4,5)6/h13-16,19-20,24-27,34-37H,7-12,17-18,21-23H2,1-6H3,(H,50,52)(H,51,53)/t26?,27?,34-,35-,36?,37?/m0/s1. The molecule has 3 saturated heterocycles. The molecular weight excluding hydrogens is 785 g/mol. The molecule has 6 atom stereocenters. The Morgan fingerprint density at radius 1 is 0.623 bits per heavy atom. The van der Waals surface area contributed by atoms with Gasteiger partial charge in [-0.15, -0.1) is 11.3 Å². The van der Waals surface area contributed by atoms with Crippen molar-refractivity contribution >= 4 is 23.5 Å². The van der Waals surface area contributed by atoms with E-state index in [1.807, 2.05) is 75.1 Å². The van der Waals surface area contributed by atoms with Gasteiger partial charge in [0.1, 0.15) is 22.9 Å². The van der Waals surface area contributed by atoms with Gasteiger partial charge in [0.2, 0.25) is 0 Å². The molecule has 2 amide bonds. The first-order valence-electron chi connectivity index (χ1n) is 22.5. The van der Waals surface area contributed by atoms with E-state index >= 15 is 0 Å². The summed E-state index contributed by atoms with van der Waals surface area (Å²) in [5, 5.41) is 0. The molecule has 2 N–H and O–H groups in total. The molecule has 2 aliphatic carbocycles. The number of aromatic amines is 2. The molecule has 12 heteroatoms. The molecule has 0 spiro atoms. The van der Waals surface area contributed by atoms with Crippen molar-refractivity contribution in [2.75, 3.05) is 13.1 Å². The van der Waals surface area contributed by atoms with Gasteiger partial charge >= 0.3 is 12.2 Å². The number of amides is 2. The Morgan fingerprint density at radius 3 is 1.72 bits per heavy atom. The molecule has 2 aromatic carbocycles. The monoisotopic (exact) mass is 840 g/mol. The minimum atomic E-state index is -0.551. The lowest BCUT2D eigenvalue weighted by Crippen LogP contribution is -2.36. The zero-order chi connectivity index (χ0) is 41.9. The number of carbonyl (C=O) groups is 2. The summed E-state index contributed by atoms with van der Waals surface area (Å²) in [5.41, 5.74) is 11.8. The van der Waals surface area contributed by atoms with Crippen LogP contribution in [0.3, 0.4) is 0 Å². The van der Waals surface area contributed by atoms with Crippen molar-refractivity contribution in [3.05, 3.63) is 82.7 Å². The quantitative estimate of drug-likeness (QED) is 0.174. The van der Waals surface area contributed by atoms with E-state index in [9.17, 15) is 9.59 Å². The molecule has 4 unspecified atom stereocenters. The topological polar surface area (TPSA) is 126 Å². The van der Waals surface area contributed by atoms with Crippen molar-refractivity contribution in [1.82, 2.24) is 29.7 Å². The Hall–Kier alpha value is -4.94. The van der Waals surface area contributed by atoms with Crippen LogP contribution in [0.4, 0.5) is 9.59 Å². The zero-order valence-electron chi connectivity index (χ0n) is 36.1. The molecule has 11 rings (SSSR count). The fraction of sp³-hybridized carbons (Fsp3) is 0.510. The van der Waals surface area contributed by atoms with E-state index in [2.05, 4.69) is 46.4 Å². The number of thiophene rings is 1. The van der Waals surface area contributed by atoms with Crippen LogP contribution in [-0.4, -0.2) is 66.2 Å². The van der Waals surface area contributed by atoms with Crippen LogP contribution in [0, 0.1) is 0 Å². The van der Waals surface area contributed by atoms with Crippen LogP contribution >= 0.6 is 11.3 Å². The molecule has 4 aliphatic heterocycles. The van der Waals surface area contributed by atoms with Gasteiger partial charge in [0.25, 0.3) is 0 Å². The number of likely N-dealkylation sites (tertiary alicyclic amines) is 2. The molecule has 61 heavy (non-hydrogen) atoms. The van der Waals surface area contributed by atoms with E-state index in [1.54, 1.807) is 5.56 Å². The van der Waals surface area contributed by atoms with E-state index in [4.69, 9.17) is 24.2 Å². The molecule has 6 aliphatic rings. The summed E-state index contributed by atoms with van der Waals surface area (Å²) >= 11 is 1.81. The number of rotatable bonds is 6. The molecule has 318 valence electrons. The Kier molecular flexibility index (Phi) is 9.13. The van der Waals surface area contributed by atoms with Gasteiger partial charge < -0.3 is 24.2 Å². The van der Waals surface area contributed by atoms with Gasteiger partial charge in [0, 0.05) is 23.5 Å². The van der Waals surface area contributed by atoms with Gasteiger partial charge in [0.05, 0.1) is 53.0 Å². The lowest BCUT2D eigenvalue weighted by atomic mass is 9.78. The normalized spacial score (nSPS) is 25.1. The summed E-state index contributed by atoms with van der Waals surface area (Å²) < 4.78 is 18.2. The highest BCUT2D eigenvalue weighted by molar-refractivity contribution is 7.18. The minimum Gasteiger partial charge on any atom is -0.444 e. The maximum Gasteiger partial charge on any atom is 0.410 e. The molecule has 7 heterocycles. The lowest BCUT2D eigenvalue weighted by molar-refractivity contribution is 0.0208. The zero-order valence-corrected chi connectivity index (χ0v) is 36.9. The van der Waals surface area contributed by atoms with Crippen LogP contribution in [0.25, 0.3) is 43.4 Å². The van der Waals surface area contributed by atoms with Crippen molar-refractivity contribution in [2.45, 2.75) is 147 Å². The minimum absolute atomic E-state index is 0.0665. The van der Waals surface area contributed by atoms with Crippen LogP contribution in [0.5, 0.6) is 0 Å². The van der Waals surface area contributed by atoms with Gasteiger partial charge in [-0.25, -0.2) is 19.6 Å². The third-order valence-corrected chi connectivity index (χ3v) is 14.9. The number of nitrogens with zero attached hydrogens (tertiary/aromatic N) is 4. The van der Waals surface area contributed by atoms with Crippen LogP contribution < -0.4 is 0 Å². The lowest BCUT2D eigenvalue weighted by Gasteiger charge is -2.27. The first kappa shape index (κ1) is 38.9. The number of nitrogens with one attached hydrogen (secondary N) is 2. The molecule has 3 aromatic heterocycles. The average molecular weight is 841 g/mol. The number of aromatic nitrogens is 4. The Balaban J connectivity index is 0.902. The summed E-state index contributed by atoms with van der Waals surface area (Å²) in [7, 11) is 0. The van der Waals surface area contributed by atoms with Crippen LogP contribution in [0.1, 0.15) is 169 Å². The molecular formula is C49H56N6O5S. The maximum absolute atomic E-state index is 13.2. The molecule has 1 saturated carbocycles. The second kappa shape index (κ2) is 14.3. The highest BCUT2D eigenvalue weighted by Gasteiger charge is 2.45. The number of carbonyl (C=O) groups excluding carboxylic acids is 2. The smallest absolute Gasteiger partial charge is 0.410 e. The van der Waals surface area contributed by atoms with Crippen molar-refractivity contribution in [2.24, 2.45) is 0 Å². The number of fused-ring (bicyclic) bond motifs is 10. The maximum atomic E-state index is 13.2. The second-order valence-electron chi connectivity index (χ2n) is 20.1. The van der Waals surface area contributed by atoms with Gasteiger partial charge in [0.15, 0.2) is 0 Å². The summed E-state index contributed by atoms with van der Waals surface area (Å²) in [6.45, 7) is 12.8. The number of hydrogen-bond acceptors (Lipinski definition) is 8. The highest BCUT2D eigenvalue weighted by atomic mass is 32.1. The van der Waals surface area contributed by atoms with Gasteiger partial charge in [-0.05, 0) is 162 Å². The third-order valence-electron chi connectivity index (χ3n) is 13.8. The van der Waals surface area contributed by atoms with E-state index in [-0.39, 0.29) is 36.5 Å². The number of hydrogen-bond donors (Lipinski definition) is 2. The summed E-state index contributed by atoms with van der Waals surface area (Å²) in [5.74, 6) is 2.76. The van der Waals surface area contributed by atoms with Crippen molar-refractivity contribution in [3.8, 4) is 43.4 Å². The average Bonchev–Trinajstić information content (AvgIpc) is 4.06. The molecule has 5 aromatic rings. The third kappa shape index (κ3) is 6.70. The SMILES string of the molecule is CC(C)(C)OC(=O)N1CCC[C@H]1c1ncc(-c2ccc(-c3ccc(-c4ccc(-c5cnc([C@@H]6CCCN6C(=O)OC(C)(C)C)[nH]5)c5c4C4CCC5O4)c4c3C3CCC4C3)s2)[nH]1. The predicted octanol–water partition coefficient (Wildman–Crippen LogP) is 12.3. The van der Waals surface area contributed by atoms with Crippen LogP contribution in [0.15, 0.2) is 48.8 Å². The van der Waals surface area contributed by atoms with Gasteiger partial charge in [-0.1, -0.05) is 24.3 Å². The predicted molar refractivity (Wildman–Crippen MR) is 235 cm³/mol. The number of imidazole rings is 2. The summed E-state index contributed by atoms with van der Waals surface area (Å²) in [6, 6.07) is 13.7. The van der Waals surface area contributed by atoms with Crippen LogP contribution in [0.2, 0.25) is 0 Å². The van der Waals surface area contributed by atoms with Gasteiger partial charge in [-0.2, -0.15) is 0 Å². The van der Waals surface area contributed by atoms with Crippen molar-refractivity contribution < 1.29 is 23.8 Å². The van der Waals surface area contributed by atoms with Crippen molar-refractivity contribution in [3.63, 3.8) is 0 Å². The number of benzene rings is 2. The van der Waals surface area contributed by atoms with E-state index in [0.29, 0.717) is 24.9 Å². The Labute approximate surface area is 361 Å². The molecule has 4 fully saturated rings. The fourth-order valence-corrected chi connectivity index (χ4v) is 12.4. The Bertz CT molecular complexity index is 2560.